The zero-order chi connectivity index (χ0) is 54.3. The second-order valence-electron chi connectivity index (χ2n) is 17.7. The van der Waals surface area contributed by atoms with Crippen LogP contribution in [-0.2, 0) is 28.6 Å². The lowest BCUT2D eigenvalue weighted by molar-refractivity contribution is -0.166. The molecule has 0 amide bonds. The maximum Gasteiger partial charge on any atom is 0.309 e. The molecule has 1 unspecified atom stereocenters. The van der Waals surface area contributed by atoms with Crippen LogP contribution in [0.2, 0.25) is 0 Å². The molecule has 75 heavy (non-hydrogen) atoms. The van der Waals surface area contributed by atoms with Gasteiger partial charge in [-0.2, -0.15) is 0 Å². The Balaban J connectivity index is 4.69. The van der Waals surface area contributed by atoms with Crippen molar-refractivity contribution in [2.45, 2.75) is 194 Å². The van der Waals surface area contributed by atoms with E-state index in [1.165, 1.54) is 0 Å². The maximum absolute atomic E-state index is 12.9. The highest BCUT2D eigenvalue weighted by molar-refractivity contribution is 5.72. The molecule has 0 heterocycles. The van der Waals surface area contributed by atoms with E-state index in [1.807, 2.05) is 6.08 Å². The van der Waals surface area contributed by atoms with E-state index in [1.54, 1.807) is 6.08 Å². The Morgan fingerprint density at radius 2 is 0.547 bits per heavy atom. The Morgan fingerprint density at radius 3 is 0.880 bits per heavy atom. The van der Waals surface area contributed by atoms with Crippen LogP contribution in [0.4, 0.5) is 0 Å². The van der Waals surface area contributed by atoms with Gasteiger partial charge in [-0.05, 0) is 141 Å². The van der Waals surface area contributed by atoms with Crippen LogP contribution in [0.25, 0.3) is 0 Å². The van der Waals surface area contributed by atoms with E-state index in [0.717, 1.165) is 128 Å². The van der Waals surface area contributed by atoms with Gasteiger partial charge in [0.25, 0.3) is 0 Å². The number of carbonyl (C=O) groups is 3. The van der Waals surface area contributed by atoms with Crippen molar-refractivity contribution in [3.63, 3.8) is 0 Å². The predicted molar refractivity (Wildman–Crippen MR) is 324 cm³/mol. The Hall–Kier alpha value is -6.01. The fraction of sp³-hybridized carbons (Fsp3) is 0.464. The molecule has 1 atom stereocenters. The molecule has 0 saturated carbocycles. The molecule has 0 bridgehead atoms. The maximum atomic E-state index is 12.9. The number of carbonyl (C=O) groups excluding carboxylic acids is 3. The van der Waals surface area contributed by atoms with E-state index in [2.05, 4.69) is 215 Å². The van der Waals surface area contributed by atoms with Gasteiger partial charge in [0.15, 0.2) is 6.10 Å². The summed E-state index contributed by atoms with van der Waals surface area (Å²) in [5.41, 5.74) is 0. The van der Waals surface area contributed by atoms with Crippen molar-refractivity contribution in [2.24, 2.45) is 0 Å². The van der Waals surface area contributed by atoms with E-state index in [9.17, 15) is 14.4 Å². The highest BCUT2D eigenvalue weighted by Crippen LogP contribution is 2.10. The summed E-state index contributed by atoms with van der Waals surface area (Å²) < 4.78 is 16.7. The Bertz CT molecular complexity index is 1900. The molecule has 0 aromatic carbocycles. The second-order valence-corrected chi connectivity index (χ2v) is 17.7. The Labute approximate surface area is 458 Å². The van der Waals surface area contributed by atoms with Gasteiger partial charge in [-0.1, -0.05) is 234 Å². The third-order valence-electron chi connectivity index (χ3n) is 10.8. The monoisotopic (exact) mass is 1020 g/mol. The summed E-state index contributed by atoms with van der Waals surface area (Å²) in [6, 6.07) is 0. The quantitative estimate of drug-likeness (QED) is 0.0261. The van der Waals surface area contributed by atoms with Crippen molar-refractivity contribution in [1.29, 1.82) is 0 Å². The zero-order valence-electron chi connectivity index (χ0n) is 47.0. The third kappa shape index (κ3) is 58.7. The van der Waals surface area contributed by atoms with Gasteiger partial charge in [-0.15, -0.1) is 0 Å². The number of allylic oxidation sites excluding steroid dienone is 33. The molecule has 412 valence electrons. The van der Waals surface area contributed by atoms with Crippen molar-refractivity contribution in [2.75, 3.05) is 13.2 Å². The van der Waals surface area contributed by atoms with E-state index in [0.29, 0.717) is 19.3 Å². The molecule has 0 aliphatic carbocycles. The molecule has 0 N–H and O–H groups in total. The van der Waals surface area contributed by atoms with Crippen LogP contribution in [0.5, 0.6) is 0 Å². The van der Waals surface area contributed by atoms with Crippen LogP contribution < -0.4 is 0 Å². The number of esters is 3. The molecule has 6 nitrogen and oxygen atoms in total. The fourth-order valence-electron chi connectivity index (χ4n) is 6.65. The lowest BCUT2D eigenvalue weighted by Crippen LogP contribution is -2.30. The summed E-state index contributed by atoms with van der Waals surface area (Å²) in [6.45, 7) is 6.10. The molecular weight excluding hydrogens is 925 g/mol. The van der Waals surface area contributed by atoms with Gasteiger partial charge >= 0.3 is 17.9 Å². The van der Waals surface area contributed by atoms with E-state index in [-0.39, 0.29) is 38.4 Å². The third-order valence-corrected chi connectivity index (χ3v) is 10.8. The number of hydrogen-bond donors (Lipinski definition) is 0. The van der Waals surface area contributed by atoms with Gasteiger partial charge in [0.05, 0.1) is 6.42 Å². The van der Waals surface area contributed by atoms with Crippen molar-refractivity contribution >= 4 is 17.9 Å². The van der Waals surface area contributed by atoms with Gasteiger partial charge < -0.3 is 14.2 Å². The first-order valence-electron chi connectivity index (χ1n) is 28.6. The van der Waals surface area contributed by atoms with Gasteiger partial charge in [-0.25, -0.2) is 0 Å². The topological polar surface area (TPSA) is 78.9 Å². The van der Waals surface area contributed by atoms with Crippen molar-refractivity contribution in [3.05, 3.63) is 207 Å². The van der Waals surface area contributed by atoms with Crippen LogP contribution in [0, 0.1) is 0 Å². The average molecular weight is 1030 g/mol. The summed E-state index contributed by atoms with van der Waals surface area (Å²) in [5, 5.41) is 0. The standard InChI is InChI=1S/C69H100O6/c1-4-7-10-13-16-19-22-25-28-30-32-33-34-35-37-38-41-44-47-50-53-56-59-62-68(71)74-65-66(64-73-67(70)61-58-55-52-49-46-43-40-27-24-21-18-15-12-9-6-3)75-69(72)63-60-57-54-51-48-45-42-39-36-31-29-26-23-20-17-14-11-8-5-2/h7-12,16-21,25-29,32-33,35-37,39-41,44-46,48-50,53,55,58,66H,4-6,13-15,22-24,30-31,34,38,42-43,47,51-52,54,56-57,59-65H2,1-3H3/b10-7-,11-8-,12-9-,19-16-,20-17-,21-18-,28-25-,29-26-,33-32-,37-35-,39-36-,40-27-,44-41-,48-45-,49-46-,53-50-,58-55-. The van der Waals surface area contributed by atoms with Crippen LogP contribution in [0.1, 0.15) is 188 Å². The lowest BCUT2D eigenvalue weighted by atomic mass is 10.1. The molecule has 0 radical (unpaired) electrons. The molecule has 0 spiro atoms. The fourth-order valence-corrected chi connectivity index (χ4v) is 6.65. The molecule has 0 aliphatic heterocycles. The number of unbranched alkanes of at least 4 members (excludes halogenated alkanes) is 4. The van der Waals surface area contributed by atoms with Crippen molar-refractivity contribution in [1.82, 2.24) is 0 Å². The number of ether oxygens (including phenoxy) is 3. The average Bonchev–Trinajstić information content (AvgIpc) is 3.41. The summed E-state index contributed by atoms with van der Waals surface area (Å²) >= 11 is 0. The van der Waals surface area contributed by atoms with Crippen LogP contribution in [0.3, 0.4) is 0 Å². The molecule has 0 aromatic heterocycles. The summed E-state index contributed by atoms with van der Waals surface area (Å²) in [5.74, 6) is -1.20. The lowest BCUT2D eigenvalue weighted by Gasteiger charge is -2.18. The highest BCUT2D eigenvalue weighted by atomic mass is 16.6. The SMILES string of the molecule is CC/C=C\C/C=C\C/C=C\C/C=C\C/C=C\C/C=C\C/C=C\CCCC(=O)OCC(COC(=O)C/C=C\C/C=C\C/C=C\C/C=C\C/C=C\CC)OC(=O)CCCCC/C=C\C/C=C\C/C=C\C/C=C\C/C=C\CC. The summed E-state index contributed by atoms with van der Waals surface area (Å²) in [6.07, 6.45) is 94.2. The molecule has 0 aromatic rings. The first-order valence-corrected chi connectivity index (χ1v) is 28.6. The summed E-state index contributed by atoms with van der Waals surface area (Å²) in [4.78, 5) is 38.1. The molecule has 0 aliphatic rings. The van der Waals surface area contributed by atoms with Crippen LogP contribution in [-0.4, -0.2) is 37.2 Å². The van der Waals surface area contributed by atoms with Crippen molar-refractivity contribution in [3.8, 4) is 0 Å². The minimum atomic E-state index is -0.874. The summed E-state index contributed by atoms with van der Waals surface area (Å²) in [7, 11) is 0. The molecular formula is C69H100O6. The Kier molecular flexibility index (Phi) is 55.7. The molecule has 6 heteroatoms. The smallest absolute Gasteiger partial charge is 0.309 e. The van der Waals surface area contributed by atoms with E-state index in [4.69, 9.17) is 14.2 Å². The van der Waals surface area contributed by atoms with E-state index < -0.39 is 18.0 Å². The molecule has 0 saturated heterocycles. The number of rotatable bonds is 48. The largest absolute Gasteiger partial charge is 0.462 e. The Morgan fingerprint density at radius 1 is 0.280 bits per heavy atom. The number of hydrogen-bond acceptors (Lipinski definition) is 6. The van der Waals surface area contributed by atoms with E-state index >= 15 is 0 Å². The first kappa shape index (κ1) is 69.0. The van der Waals surface area contributed by atoms with Gasteiger partial charge in [0, 0.05) is 12.8 Å². The molecule has 0 fully saturated rings. The van der Waals surface area contributed by atoms with Gasteiger partial charge in [-0.3, -0.25) is 14.4 Å². The van der Waals surface area contributed by atoms with Crippen molar-refractivity contribution < 1.29 is 28.6 Å². The second kappa shape index (κ2) is 60.5. The van der Waals surface area contributed by atoms with Crippen LogP contribution >= 0.6 is 0 Å². The minimum absolute atomic E-state index is 0.0967. The zero-order valence-corrected chi connectivity index (χ0v) is 47.0. The first-order chi connectivity index (χ1) is 37.0. The van der Waals surface area contributed by atoms with Gasteiger partial charge in [0.2, 0.25) is 0 Å². The highest BCUT2D eigenvalue weighted by Gasteiger charge is 2.19. The minimum Gasteiger partial charge on any atom is -0.462 e. The normalized spacial score (nSPS) is 13.7. The van der Waals surface area contributed by atoms with Gasteiger partial charge in [0.1, 0.15) is 13.2 Å². The predicted octanol–water partition coefficient (Wildman–Crippen LogP) is 19.6. The molecule has 0 rings (SSSR count). The van der Waals surface area contributed by atoms with Crippen LogP contribution in [0.15, 0.2) is 207 Å².